The normalized spacial score (nSPS) is 16.4. The molecule has 0 spiro atoms. The molecule has 1 aromatic carbocycles. The van der Waals surface area contributed by atoms with Crippen LogP contribution in [0.2, 0.25) is 4.71 Å². The number of nitrogens with one attached hydrogen (secondary N) is 2. The number of methoxy groups -OCH3 is 1. The molecule has 2 N–H and O–H groups in total. The summed E-state index contributed by atoms with van der Waals surface area (Å²) in [4.78, 5) is 55.3. The molecule has 1 aliphatic heterocycles. The van der Waals surface area contributed by atoms with Crippen molar-refractivity contribution < 1.29 is 33.4 Å². The van der Waals surface area contributed by atoms with Gasteiger partial charge in [0.15, 0.2) is 0 Å². The van der Waals surface area contributed by atoms with E-state index in [0.717, 1.165) is 47.1 Å². The van der Waals surface area contributed by atoms with Gasteiger partial charge in [-0.15, -0.1) is 0 Å². The number of anilines is 1. The Kier molecular flexibility index (Phi) is 10.4. The summed E-state index contributed by atoms with van der Waals surface area (Å²) in [5, 5.41) is 11.1. The van der Waals surface area contributed by atoms with Crippen LogP contribution in [0.15, 0.2) is 24.4 Å². The molecule has 1 fully saturated rings. The van der Waals surface area contributed by atoms with Gasteiger partial charge in [-0.25, -0.2) is 0 Å². The van der Waals surface area contributed by atoms with Crippen LogP contribution in [0.25, 0.3) is 10.9 Å². The first-order chi connectivity index (χ1) is 19.9. The number of ether oxygens (including phenoxy) is 3. The molecule has 12 nitrogen and oxygen atoms in total. The third-order valence-electron chi connectivity index (χ3n) is 6.33. The SMILES string of the molecule is COC(=O)[C@H](CNC(=O)OC(C)(C)C)[As]C(=O)c1sc(NC(=O)Cc2cccc3c2cnn3C2CCCCO2)nc1C. The van der Waals surface area contributed by atoms with E-state index in [1.54, 1.807) is 33.9 Å². The van der Waals surface area contributed by atoms with Gasteiger partial charge in [0, 0.05) is 6.61 Å². The molecule has 0 aliphatic carbocycles. The second kappa shape index (κ2) is 13.8. The summed E-state index contributed by atoms with van der Waals surface area (Å²) >= 11 is -0.190. The predicted molar refractivity (Wildman–Crippen MR) is 158 cm³/mol. The number of hydrogen-bond donors (Lipinski definition) is 2. The summed E-state index contributed by atoms with van der Waals surface area (Å²) in [6, 6.07) is 5.76. The van der Waals surface area contributed by atoms with Crippen molar-refractivity contribution in [1.82, 2.24) is 20.1 Å². The number of hydrogen-bond acceptors (Lipinski definition) is 10. The summed E-state index contributed by atoms with van der Waals surface area (Å²) in [6.45, 7) is 7.47. The van der Waals surface area contributed by atoms with E-state index in [9.17, 15) is 19.2 Å². The average Bonchev–Trinajstić information content (AvgIpc) is 3.53. The van der Waals surface area contributed by atoms with E-state index in [2.05, 4.69) is 20.7 Å². The number of aryl methyl sites for hydroxylation is 1. The van der Waals surface area contributed by atoms with Gasteiger partial charge in [0.05, 0.1) is 0 Å². The van der Waals surface area contributed by atoms with Crippen molar-refractivity contribution >= 4 is 65.7 Å². The van der Waals surface area contributed by atoms with Crippen LogP contribution < -0.4 is 10.6 Å². The van der Waals surface area contributed by atoms with Crippen molar-refractivity contribution in [3.63, 3.8) is 0 Å². The molecule has 225 valence electrons. The Bertz CT molecular complexity index is 1460. The fourth-order valence-electron chi connectivity index (χ4n) is 4.43. The van der Waals surface area contributed by atoms with Gasteiger partial charge in [0.2, 0.25) is 0 Å². The number of rotatable bonds is 10. The molecule has 2 atom stereocenters. The fourth-order valence-corrected chi connectivity index (χ4v) is 7.81. The predicted octanol–water partition coefficient (Wildman–Crippen LogP) is 4.01. The van der Waals surface area contributed by atoms with Crippen LogP contribution in [0, 0.1) is 6.92 Å². The van der Waals surface area contributed by atoms with E-state index >= 15 is 0 Å². The van der Waals surface area contributed by atoms with Gasteiger partial charge in [-0.3, -0.25) is 0 Å². The Balaban J connectivity index is 1.39. The number of aromatic nitrogens is 3. The van der Waals surface area contributed by atoms with Crippen molar-refractivity contribution in [2.75, 3.05) is 25.6 Å². The molecule has 0 saturated carbocycles. The van der Waals surface area contributed by atoms with Gasteiger partial charge in [0.25, 0.3) is 0 Å². The van der Waals surface area contributed by atoms with E-state index in [-0.39, 0.29) is 29.7 Å². The van der Waals surface area contributed by atoms with E-state index < -0.39 is 38.1 Å². The zero-order valence-corrected chi connectivity index (χ0v) is 27.0. The maximum absolute atomic E-state index is 13.2. The zero-order chi connectivity index (χ0) is 30.4. The Labute approximate surface area is 254 Å². The van der Waals surface area contributed by atoms with Crippen molar-refractivity contribution in [2.24, 2.45) is 0 Å². The molecule has 2 aromatic heterocycles. The van der Waals surface area contributed by atoms with Gasteiger partial charge in [-0.2, -0.15) is 0 Å². The molecule has 1 aliphatic rings. The summed E-state index contributed by atoms with van der Waals surface area (Å²) in [6.07, 6.45) is 4.10. The first kappa shape index (κ1) is 31.6. The molecule has 0 bridgehead atoms. The molecule has 3 heterocycles. The summed E-state index contributed by atoms with van der Waals surface area (Å²) in [5.74, 6) is -0.873. The number of nitrogens with zero attached hydrogens (tertiary/aromatic N) is 3. The average molecular weight is 661 g/mol. The van der Waals surface area contributed by atoms with Crippen LogP contribution in [0.3, 0.4) is 0 Å². The van der Waals surface area contributed by atoms with E-state index in [0.29, 0.717) is 22.3 Å². The van der Waals surface area contributed by atoms with Crippen LogP contribution in [-0.2, 0) is 30.2 Å². The Morgan fingerprint density at radius 3 is 2.71 bits per heavy atom. The quantitative estimate of drug-likeness (QED) is 0.243. The minimum atomic E-state index is -1.25. The third kappa shape index (κ3) is 8.17. The molecular formula is C28H35AsN5O7S. The second-order valence-corrected chi connectivity index (χ2v) is 14.5. The fraction of sp³-hybridized carbons (Fsp3) is 0.500. The third-order valence-corrected chi connectivity index (χ3v) is 10.2. The minimum absolute atomic E-state index is 0.0935. The standard InChI is InChI=1S/C28H35AsN5O7S/c1-16-23(24(36)29-19(25(37)39-5)15-30-27(38)41-28(2,3)4)42-26(32-16)33-21(35)13-17-9-8-10-20-18(17)14-31-34(20)22-11-6-7-12-40-22/h8-10,14,19,22H,6-7,11-13,15H2,1-5H3,(H,30,38)(H,32,33,35)/t19-,22?/m0/s1. The summed E-state index contributed by atoms with van der Waals surface area (Å²) in [5.41, 5.74) is 1.48. The number of esters is 1. The molecular weight excluding hydrogens is 625 g/mol. The molecule has 1 saturated heterocycles. The molecule has 2 amide bonds. The Morgan fingerprint density at radius 2 is 2.02 bits per heavy atom. The number of thiazole rings is 1. The van der Waals surface area contributed by atoms with Crippen molar-refractivity contribution in [1.29, 1.82) is 0 Å². The van der Waals surface area contributed by atoms with Crippen LogP contribution in [0.4, 0.5) is 9.93 Å². The number of amides is 2. The van der Waals surface area contributed by atoms with Gasteiger partial charge < -0.3 is 4.74 Å². The zero-order valence-electron chi connectivity index (χ0n) is 24.3. The Morgan fingerprint density at radius 1 is 1.24 bits per heavy atom. The maximum atomic E-state index is 13.2. The monoisotopic (exact) mass is 660 g/mol. The van der Waals surface area contributed by atoms with Crippen LogP contribution in [0.5, 0.6) is 0 Å². The Hall–Kier alpha value is -3.28. The van der Waals surface area contributed by atoms with Gasteiger partial charge in [-0.1, -0.05) is 0 Å². The number of benzene rings is 1. The first-order valence-corrected chi connectivity index (χ1v) is 16.4. The molecule has 1 radical (unpaired) electrons. The second-order valence-electron chi connectivity index (χ2n) is 10.8. The van der Waals surface area contributed by atoms with Crippen LogP contribution in [-0.4, -0.2) is 78.9 Å². The molecule has 3 aromatic rings. The molecule has 42 heavy (non-hydrogen) atoms. The van der Waals surface area contributed by atoms with Crippen LogP contribution >= 0.6 is 11.3 Å². The van der Waals surface area contributed by atoms with Gasteiger partial charge >= 0.3 is 225 Å². The summed E-state index contributed by atoms with van der Waals surface area (Å²) in [7, 11) is 1.23. The van der Waals surface area contributed by atoms with E-state index in [1.807, 2.05) is 22.9 Å². The first-order valence-electron chi connectivity index (χ1n) is 13.6. The summed E-state index contributed by atoms with van der Waals surface area (Å²) < 4.78 is 16.7. The number of alkyl carbamates (subject to hydrolysis) is 1. The van der Waals surface area contributed by atoms with E-state index in [1.165, 1.54) is 7.11 Å². The molecule has 4 rings (SSSR count). The number of carbonyl (C=O) groups is 4. The van der Waals surface area contributed by atoms with Gasteiger partial charge in [0.1, 0.15) is 0 Å². The van der Waals surface area contributed by atoms with Crippen molar-refractivity contribution in [3.05, 3.63) is 40.5 Å². The molecule has 14 heteroatoms. The van der Waals surface area contributed by atoms with Crippen LogP contribution in [0.1, 0.15) is 67.2 Å². The number of carbonyl (C=O) groups excluding carboxylic acids is 4. The van der Waals surface area contributed by atoms with Crippen molar-refractivity contribution in [3.8, 4) is 0 Å². The molecule has 1 unspecified atom stereocenters. The van der Waals surface area contributed by atoms with Gasteiger partial charge in [-0.05, 0) is 19.3 Å². The topological polar surface area (TPSA) is 151 Å². The van der Waals surface area contributed by atoms with Crippen molar-refractivity contribution in [2.45, 2.75) is 69.9 Å². The van der Waals surface area contributed by atoms with E-state index in [4.69, 9.17) is 14.2 Å². The number of fused-ring (bicyclic) bond motifs is 1.